The Balaban J connectivity index is 1.76. The summed E-state index contributed by atoms with van der Waals surface area (Å²) in [6, 6.07) is 5.88. The highest BCUT2D eigenvalue weighted by Crippen LogP contribution is 2.30. The number of ether oxygens (including phenoxy) is 1. The molecule has 1 aromatic carbocycles. The van der Waals surface area contributed by atoms with E-state index in [1.807, 2.05) is 29.3 Å². The van der Waals surface area contributed by atoms with E-state index in [1.54, 1.807) is 0 Å². The smallest absolute Gasteiger partial charge is 0.256 e. The number of rotatable bonds is 8. The summed E-state index contributed by atoms with van der Waals surface area (Å²) in [4.78, 5) is 21.9. The van der Waals surface area contributed by atoms with Crippen molar-refractivity contribution >= 4 is 36.1 Å². The summed E-state index contributed by atoms with van der Waals surface area (Å²) in [5.41, 5.74) is 4.24. The molecule has 0 aliphatic carbocycles. The van der Waals surface area contributed by atoms with Gasteiger partial charge < -0.3 is 19.9 Å². The van der Waals surface area contributed by atoms with Crippen LogP contribution in [0, 0.1) is 5.41 Å². The second kappa shape index (κ2) is 10.6. The molecule has 3 rings (SSSR count). The van der Waals surface area contributed by atoms with E-state index < -0.39 is 0 Å². The molecular formula is C22H30N4O2S. The van der Waals surface area contributed by atoms with Crippen LogP contribution in [0.3, 0.4) is 0 Å². The molecule has 156 valence electrons. The van der Waals surface area contributed by atoms with Gasteiger partial charge in [-0.2, -0.15) is 12.6 Å². The summed E-state index contributed by atoms with van der Waals surface area (Å²) in [7, 11) is 0. The molecule has 0 aromatic heterocycles. The third-order valence-corrected chi connectivity index (χ3v) is 5.54. The minimum atomic E-state index is 0.0187. The maximum atomic E-state index is 13.3. The van der Waals surface area contributed by atoms with E-state index in [-0.39, 0.29) is 5.91 Å². The van der Waals surface area contributed by atoms with E-state index in [0.717, 1.165) is 36.2 Å². The molecule has 1 N–H and O–H groups in total. The molecule has 2 aliphatic heterocycles. The number of hydrogen-bond acceptors (Lipinski definition) is 6. The molecular weight excluding hydrogens is 384 g/mol. The average Bonchev–Trinajstić information content (AvgIpc) is 2.76. The van der Waals surface area contributed by atoms with Crippen LogP contribution < -0.4 is 0 Å². The number of benzene rings is 1. The van der Waals surface area contributed by atoms with Gasteiger partial charge in [-0.05, 0) is 37.0 Å². The number of piperazine rings is 1. The monoisotopic (exact) mass is 414 g/mol. The van der Waals surface area contributed by atoms with E-state index in [0.29, 0.717) is 56.4 Å². The molecule has 7 heteroatoms. The highest BCUT2D eigenvalue weighted by molar-refractivity contribution is 7.81. The van der Waals surface area contributed by atoms with Crippen molar-refractivity contribution in [2.24, 2.45) is 4.99 Å². The number of hydrogen-bond donors (Lipinski definition) is 2. The lowest BCUT2D eigenvalue weighted by Crippen LogP contribution is -2.48. The molecule has 1 saturated heterocycles. The second-order valence-corrected chi connectivity index (χ2v) is 7.66. The Bertz CT molecular complexity index is 806. The number of nitrogens with zero attached hydrogens (tertiary/aromatic N) is 3. The normalized spacial score (nSPS) is 17.5. The molecule has 1 fully saturated rings. The number of aliphatic imine (C=N–C) groups is 1. The Labute approximate surface area is 178 Å². The number of thiol groups is 1. The fourth-order valence-electron chi connectivity index (χ4n) is 3.63. The van der Waals surface area contributed by atoms with Gasteiger partial charge in [-0.15, -0.1) is 0 Å². The number of fused-ring (bicyclic) bond motifs is 1. The Morgan fingerprint density at radius 1 is 1.38 bits per heavy atom. The fraction of sp³-hybridized carbons (Fsp3) is 0.500. The van der Waals surface area contributed by atoms with Gasteiger partial charge in [0.05, 0.1) is 30.9 Å². The zero-order chi connectivity index (χ0) is 20.6. The summed E-state index contributed by atoms with van der Waals surface area (Å²) < 4.78 is 5.63. The van der Waals surface area contributed by atoms with Crippen LogP contribution >= 0.6 is 12.6 Å². The van der Waals surface area contributed by atoms with Crippen LogP contribution in [-0.4, -0.2) is 72.8 Å². The zero-order valence-corrected chi connectivity index (χ0v) is 18.0. The van der Waals surface area contributed by atoms with Crippen LogP contribution in [0.2, 0.25) is 0 Å². The molecule has 1 amide bonds. The molecule has 0 unspecified atom stereocenters. The molecule has 2 aliphatic rings. The van der Waals surface area contributed by atoms with E-state index in [1.165, 1.54) is 0 Å². The largest absolute Gasteiger partial charge is 0.377 e. The second-order valence-electron chi connectivity index (χ2n) is 7.34. The first-order chi connectivity index (χ1) is 14.1. The van der Waals surface area contributed by atoms with Crippen LogP contribution in [0.4, 0.5) is 5.69 Å². The van der Waals surface area contributed by atoms with Crippen molar-refractivity contribution in [3.05, 3.63) is 41.1 Å². The van der Waals surface area contributed by atoms with E-state index in [2.05, 4.69) is 35.5 Å². The van der Waals surface area contributed by atoms with Gasteiger partial charge in [-0.25, -0.2) is 0 Å². The van der Waals surface area contributed by atoms with Crippen LogP contribution in [0.25, 0.3) is 0 Å². The summed E-state index contributed by atoms with van der Waals surface area (Å²) >= 11 is 4.21. The van der Waals surface area contributed by atoms with Gasteiger partial charge in [-0.1, -0.05) is 19.1 Å². The van der Waals surface area contributed by atoms with Crippen molar-refractivity contribution in [1.29, 1.82) is 5.41 Å². The zero-order valence-electron chi connectivity index (χ0n) is 17.1. The lowest BCUT2D eigenvalue weighted by Gasteiger charge is -2.38. The first-order valence-corrected chi connectivity index (χ1v) is 10.9. The highest BCUT2D eigenvalue weighted by atomic mass is 32.1. The fourth-order valence-corrected chi connectivity index (χ4v) is 3.73. The Morgan fingerprint density at radius 3 is 3.03 bits per heavy atom. The first-order valence-electron chi connectivity index (χ1n) is 10.3. The number of aryl methyl sites for hydroxylation is 1. The number of carbonyl (C=O) groups excluding carboxylic acids is 1. The van der Waals surface area contributed by atoms with Crippen LogP contribution in [0.15, 0.2) is 35.0 Å². The van der Waals surface area contributed by atoms with Gasteiger partial charge in [0.15, 0.2) is 0 Å². The van der Waals surface area contributed by atoms with Crippen molar-refractivity contribution in [2.45, 2.75) is 26.2 Å². The SMILES string of the molecule is CCCOC/C=C1\CN(C(=O)c2cccc3c2N=CCC3)CCN1CC(=N)CS. The Kier molecular flexibility index (Phi) is 7.89. The molecule has 6 nitrogen and oxygen atoms in total. The van der Waals surface area contributed by atoms with Gasteiger partial charge in [0.2, 0.25) is 0 Å². The van der Waals surface area contributed by atoms with Gasteiger partial charge in [0.1, 0.15) is 0 Å². The molecule has 0 bridgehead atoms. The van der Waals surface area contributed by atoms with Crippen molar-refractivity contribution < 1.29 is 9.53 Å². The Hall–Kier alpha value is -2.12. The molecule has 0 spiro atoms. The first kappa shape index (κ1) is 21.6. The standard InChI is InChI=1S/C22H30N4O2S/c1-2-12-28-13-8-19-15-26(11-10-25(19)14-18(23)16-29)22(27)20-7-3-5-17-6-4-9-24-21(17)20/h3,5,7-9,23,29H,2,4,6,10-16H2,1H3/b19-8+,23-18?. The number of nitrogens with one attached hydrogen (secondary N) is 1. The third-order valence-electron chi connectivity index (χ3n) is 5.16. The van der Waals surface area contributed by atoms with Crippen molar-refractivity contribution in [1.82, 2.24) is 9.80 Å². The number of amides is 1. The van der Waals surface area contributed by atoms with Gasteiger partial charge in [0.25, 0.3) is 5.91 Å². The highest BCUT2D eigenvalue weighted by Gasteiger charge is 2.27. The predicted molar refractivity (Wildman–Crippen MR) is 121 cm³/mol. The average molecular weight is 415 g/mol. The van der Waals surface area contributed by atoms with Crippen LogP contribution in [-0.2, 0) is 11.2 Å². The molecule has 2 heterocycles. The van der Waals surface area contributed by atoms with E-state index in [4.69, 9.17) is 10.1 Å². The number of carbonyl (C=O) groups is 1. The third kappa shape index (κ3) is 5.48. The quantitative estimate of drug-likeness (QED) is 0.389. The molecule has 0 radical (unpaired) electrons. The van der Waals surface area contributed by atoms with E-state index >= 15 is 0 Å². The van der Waals surface area contributed by atoms with E-state index in [9.17, 15) is 4.79 Å². The maximum Gasteiger partial charge on any atom is 0.256 e. The maximum absolute atomic E-state index is 13.3. The molecule has 0 atom stereocenters. The summed E-state index contributed by atoms with van der Waals surface area (Å²) in [5, 5.41) is 8.01. The lowest BCUT2D eigenvalue weighted by atomic mass is 10.00. The minimum Gasteiger partial charge on any atom is -0.377 e. The molecule has 0 saturated carbocycles. The topological polar surface area (TPSA) is 69.0 Å². The van der Waals surface area contributed by atoms with Gasteiger partial charge >= 0.3 is 0 Å². The van der Waals surface area contributed by atoms with Gasteiger partial charge in [0, 0.05) is 43.1 Å². The van der Waals surface area contributed by atoms with Crippen molar-refractivity contribution in [3.8, 4) is 0 Å². The number of para-hydroxylation sites is 1. The lowest BCUT2D eigenvalue weighted by molar-refractivity contribution is 0.0705. The van der Waals surface area contributed by atoms with Gasteiger partial charge in [-0.3, -0.25) is 9.79 Å². The minimum absolute atomic E-state index is 0.0187. The summed E-state index contributed by atoms with van der Waals surface area (Å²) in [6.07, 6.45) is 6.77. The summed E-state index contributed by atoms with van der Waals surface area (Å²) in [6.45, 7) is 5.68. The predicted octanol–water partition coefficient (Wildman–Crippen LogP) is 3.35. The van der Waals surface area contributed by atoms with Crippen molar-refractivity contribution in [2.75, 3.05) is 45.1 Å². The Morgan fingerprint density at radius 2 is 2.24 bits per heavy atom. The van der Waals surface area contributed by atoms with Crippen molar-refractivity contribution in [3.63, 3.8) is 0 Å². The molecule has 1 aromatic rings. The van der Waals surface area contributed by atoms with Crippen LogP contribution in [0.1, 0.15) is 35.7 Å². The molecule has 29 heavy (non-hydrogen) atoms. The summed E-state index contributed by atoms with van der Waals surface area (Å²) in [5.74, 6) is 0.456. The van der Waals surface area contributed by atoms with Crippen LogP contribution in [0.5, 0.6) is 0 Å².